The minimum Gasteiger partial charge on any atom is -0.480 e. The van der Waals surface area contributed by atoms with E-state index in [2.05, 4.69) is 12.2 Å². The number of hydrogen-bond acceptors (Lipinski definition) is 2. The molecule has 0 aromatic rings. The monoisotopic (exact) mass is 240 g/mol. The van der Waals surface area contributed by atoms with Gasteiger partial charge in [0, 0.05) is 12.6 Å². The van der Waals surface area contributed by atoms with Crippen molar-refractivity contribution in [3.8, 4) is 0 Å². The summed E-state index contributed by atoms with van der Waals surface area (Å²) in [6, 6.07) is -0.602. The minimum absolute atomic E-state index is 0.200. The first-order valence-electron chi connectivity index (χ1n) is 6.38. The first-order chi connectivity index (χ1) is 8.08. The lowest BCUT2D eigenvalue weighted by Crippen LogP contribution is -2.48. The van der Waals surface area contributed by atoms with Gasteiger partial charge in [0.05, 0.1) is 0 Å². The number of carbonyl (C=O) groups excluding carboxylic acids is 1. The maximum atomic E-state index is 12.0. The van der Waals surface area contributed by atoms with E-state index in [9.17, 15) is 9.59 Å². The molecule has 0 radical (unpaired) electrons. The standard InChI is InChI=1S/C12H20N2O3/c1-8-4-5-9(7-8)13-12(17)14-6-2-3-10(14)11(15)16/h8-10H,2-7H2,1H3,(H,13,17)(H,15,16). The zero-order valence-corrected chi connectivity index (χ0v) is 10.2. The summed E-state index contributed by atoms with van der Waals surface area (Å²) in [6.07, 6.45) is 4.53. The lowest BCUT2D eigenvalue weighted by molar-refractivity contribution is -0.141. The molecule has 3 unspecified atom stereocenters. The normalized spacial score (nSPS) is 32.8. The first-order valence-corrected chi connectivity index (χ1v) is 6.38. The fourth-order valence-electron chi connectivity index (χ4n) is 2.86. The van der Waals surface area contributed by atoms with E-state index in [1.165, 1.54) is 4.90 Å². The number of amides is 2. The first kappa shape index (κ1) is 12.2. The highest BCUT2D eigenvalue weighted by Crippen LogP contribution is 2.25. The van der Waals surface area contributed by atoms with Crippen molar-refractivity contribution in [2.75, 3.05) is 6.54 Å². The fraction of sp³-hybridized carbons (Fsp3) is 0.833. The molecule has 0 spiro atoms. The van der Waals surface area contributed by atoms with Gasteiger partial charge in [-0.25, -0.2) is 9.59 Å². The molecule has 96 valence electrons. The number of likely N-dealkylation sites (tertiary alicyclic amines) is 1. The van der Waals surface area contributed by atoms with Gasteiger partial charge in [0.2, 0.25) is 0 Å². The second kappa shape index (κ2) is 4.94. The predicted octanol–water partition coefficient (Wildman–Crippen LogP) is 1.43. The van der Waals surface area contributed by atoms with Gasteiger partial charge in [0.1, 0.15) is 6.04 Å². The van der Waals surface area contributed by atoms with E-state index < -0.39 is 12.0 Å². The van der Waals surface area contributed by atoms with Crippen molar-refractivity contribution in [3.63, 3.8) is 0 Å². The van der Waals surface area contributed by atoms with Gasteiger partial charge < -0.3 is 15.3 Å². The molecule has 2 aliphatic rings. The Hall–Kier alpha value is -1.26. The van der Waals surface area contributed by atoms with Crippen molar-refractivity contribution in [3.05, 3.63) is 0 Å². The number of carbonyl (C=O) groups is 2. The van der Waals surface area contributed by atoms with Gasteiger partial charge in [-0.05, 0) is 38.0 Å². The minimum atomic E-state index is -0.891. The topological polar surface area (TPSA) is 69.6 Å². The number of nitrogens with zero attached hydrogens (tertiary/aromatic N) is 1. The molecule has 1 aliphatic carbocycles. The van der Waals surface area contributed by atoms with Crippen molar-refractivity contribution in [1.29, 1.82) is 0 Å². The summed E-state index contributed by atoms with van der Waals surface area (Å²) in [5.41, 5.74) is 0. The van der Waals surface area contributed by atoms with Crippen molar-refractivity contribution in [2.45, 2.75) is 51.1 Å². The van der Waals surface area contributed by atoms with Crippen molar-refractivity contribution < 1.29 is 14.7 Å². The SMILES string of the molecule is CC1CCC(NC(=O)N2CCCC2C(=O)O)C1. The van der Waals surface area contributed by atoms with Crippen molar-refractivity contribution >= 4 is 12.0 Å². The molecule has 2 amide bonds. The molecule has 2 rings (SSSR count). The van der Waals surface area contributed by atoms with Crippen LogP contribution in [0.15, 0.2) is 0 Å². The summed E-state index contributed by atoms with van der Waals surface area (Å²) in [5.74, 6) is -0.230. The van der Waals surface area contributed by atoms with Crippen LogP contribution in [0.1, 0.15) is 39.0 Å². The van der Waals surface area contributed by atoms with E-state index in [0.29, 0.717) is 18.9 Å². The van der Waals surface area contributed by atoms with Gasteiger partial charge >= 0.3 is 12.0 Å². The van der Waals surface area contributed by atoms with E-state index in [1.807, 2.05) is 0 Å². The molecule has 1 aliphatic heterocycles. The predicted molar refractivity (Wildman–Crippen MR) is 62.7 cm³/mol. The highest BCUT2D eigenvalue weighted by atomic mass is 16.4. The number of urea groups is 1. The van der Waals surface area contributed by atoms with E-state index in [4.69, 9.17) is 5.11 Å². The van der Waals surface area contributed by atoms with E-state index >= 15 is 0 Å². The largest absolute Gasteiger partial charge is 0.480 e. The third kappa shape index (κ3) is 2.70. The van der Waals surface area contributed by atoms with Gasteiger partial charge in [0.15, 0.2) is 0 Å². The van der Waals surface area contributed by atoms with E-state index in [0.717, 1.165) is 25.7 Å². The van der Waals surface area contributed by atoms with Crippen LogP contribution in [-0.2, 0) is 4.79 Å². The second-order valence-corrected chi connectivity index (χ2v) is 5.25. The Balaban J connectivity index is 1.89. The average molecular weight is 240 g/mol. The molecule has 0 aromatic carbocycles. The van der Waals surface area contributed by atoms with Gasteiger partial charge in [-0.2, -0.15) is 0 Å². The zero-order chi connectivity index (χ0) is 12.4. The van der Waals surface area contributed by atoms with Gasteiger partial charge in [0.25, 0.3) is 0 Å². The maximum absolute atomic E-state index is 12.0. The highest BCUT2D eigenvalue weighted by Gasteiger charge is 2.35. The molecule has 2 N–H and O–H groups in total. The molecule has 1 saturated carbocycles. The third-order valence-electron chi connectivity index (χ3n) is 3.82. The van der Waals surface area contributed by atoms with Crippen LogP contribution in [0.3, 0.4) is 0 Å². The Labute approximate surface area is 101 Å². The summed E-state index contributed by atoms with van der Waals surface area (Å²) >= 11 is 0. The van der Waals surface area contributed by atoms with Crippen LogP contribution >= 0.6 is 0 Å². The average Bonchev–Trinajstić information content (AvgIpc) is 2.86. The van der Waals surface area contributed by atoms with Crippen molar-refractivity contribution in [1.82, 2.24) is 10.2 Å². The zero-order valence-electron chi connectivity index (χ0n) is 10.2. The van der Waals surface area contributed by atoms with Crippen molar-refractivity contribution in [2.24, 2.45) is 5.92 Å². The Morgan fingerprint density at radius 2 is 2.06 bits per heavy atom. The highest BCUT2D eigenvalue weighted by molar-refractivity contribution is 5.83. The molecular formula is C12H20N2O3. The Morgan fingerprint density at radius 3 is 2.65 bits per heavy atom. The molecule has 17 heavy (non-hydrogen) atoms. The summed E-state index contributed by atoms with van der Waals surface area (Å²) in [5, 5.41) is 12.0. The maximum Gasteiger partial charge on any atom is 0.326 e. The van der Waals surface area contributed by atoms with Gasteiger partial charge in [-0.3, -0.25) is 0 Å². The number of carboxylic acids is 1. The van der Waals surface area contributed by atoms with Crippen LogP contribution in [0.4, 0.5) is 4.79 Å². The molecule has 5 heteroatoms. The molecular weight excluding hydrogens is 220 g/mol. The quantitative estimate of drug-likeness (QED) is 0.767. The number of hydrogen-bond donors (Lipinski definition) is 2. The van der Waals surface area contributed by atoms with Crippen LogP contribution in [0.5, 0.6) is 0 Å². The van der Waals surface area contributed by atoms with Crippen LogP contribution in [0, 0.1) is 5.92 Å². The third-order valence-corrected chi connectivity index (χ3v) is 3.82. The smallest absolute Gasteiger partial charge is 0.326 e. The fourth-order valence-corrected chi connectivity index (χ4v) is 2.86. The number of aliphatic carboxylic acids is 1. The number of rotatable bonds is 2. The molecule has 3 atom stereocenters. The molecule has 0 aromatic heterocycles. The summed E-state index contributed by atoms with van der Waals surface area (Å²) in [7, 11) is 0. The van der Waals surface area contributed by atoms with E-state index in [-0.39, 0.29) is 12.1 Å². The lowest BCUT2D eigenvalue weighted by atomic mass is 10.1. The molecule has 0 bridgehead atoms. The summed E-state index contributed by atoms with van der Waals surface area (Å²) < 4.78 is 0. The second-order valence-electron chi connectivity index (χ2n) is 5.25. The van der Waals surface area contributed by atoms with Crippen LogP contribution < -0.4 is 5.32 Å². The molecule has 1 saturated heterocycles. The Bertz CT molecular complexity index is 319. The van der Waals surface area contributed by atoms with Crippen LogP contribution in [0.25, 0.3) is 0 Å². The Kier molecular flexibility index (Phi) is 3.54. The van der Waals surface area contributed by atoms with Crippen LogP contribution in [0.2, 0.25) is 0 Å². The molecule has 5 nitrogen and oxygen atoms in total. The summed E-state index contributed by atoms with van der Waals surface area (Å²) in [6.45, 7) is 2.74. The van der Waals surface area contributed by atoms with Gasteiger partial charge in [-0.1, -0.05) is 6.92 Å². The van der Waals surface area contributed by atoms with E-state index in [1.54, 1.807) is 0 Å². The number of nitrogens with one attached hydrogen (secondary N) is 1. The van der Waals surface area contributed by atoms with Gasteiger partial charge in [-0.15, -0.1) is 0 Å². The lowest BCUT2D eigenvalue weighted by Gasteiger charge is -2.24. The molecule has 2 fully saturated rings. The number of carboxylic acid groups (broad SMARTS) is 1. The Morgan fingerprint density at radius 1 is 1.29 bits per heavy atom. The summed E-state index contributed by atoms with van der Waals surface area (Å²) in [4.78, 5) is 24.4. The van der Waals surface area contributed by atoms with Crippen LogP contribution in [-0.4, -0.2) is 40.6 Å². The molecule has 1 heterocycles.